The summed E-state index contributed by atoms with van der Waals surface area (Å²) < 4.78 is 28.7. The van der Waals surface area contributed by atoms with E-state index in [0.29, 0.717) is 5.76 Å². The second kappa shape index (κ2) is 8.01. The van der Waals surface area contributed by atoms with Crippen molar-refractivity contribution in [2.45, 2.75) is 26.5 Å². The Hall–Kier alpha value is -2.87. The van der Waals surface area contributed by atoms with Gasteiger partial charge >= 0.3 is 0 Å². The number of nitrogens with one attached hydrogen (secondary N) is 1. The summed E-state index contributed by atoms with van der Waals surface area (Å²) in [6.45, 7) is 2.09. The van der Waals surface area contributed by atoms with Crippen LogP contribution in [0.1, 0.15) is 34.8 Å². The summed E-state index contributed by atoms with van der Waals surface area (Å²) in [7, 11) is 0. The van der Waals surface area contributed by atoms with Crippen LogP contribution in [-0.4, -0.2) is 16.0 Å². The van der Waals surface area contributed by atoms with Crippen molar-refractivity contribution in [2.75, 3.05) is 0 Å². The molecule has 0 bridgehead atoms. The zero-order valence-corrected chi connectivity index (χ0v) is 14.5. The molecule has 1 amide bonds. The fourth-order valence-electron chi connectivity index (χ4n) is 2.08. The molecule has 7 nitrogen and oxygen atoms in total. The number of amides is 1. The van der Waals surface area contributed by atoms with Gasteiger partial charge in [-0.1, -0.05) is 23.7 Å². The first-order valence-corrected chi connectivity index (χ1v) is 8.18. The van der Waals surface area contributed by atoms with Gasteiger partial charge in [0, 0.05) is 6.07 Å². The van der Waals surface area contributed by atoms with Crippen molar-refractivity contribution in [1.29, 1.82) is 0 Å². The number of ether oxygens (including phenoxy) is 1. The van der Waals surface area contributed by atoms with Crippen molar-refractivity contribution in [3.05, 3.63) is 64.4 Å². The first-order chi connectivity index (χ1) is 12.5. The Morgan fingerprint density at radius 1 is 1.38 bits per heavy atom. The van der Waals surface area contributed by atoms with Gasteiger partial charge in [0.25, 0.3) is 5.91 Å². The van der Waals surface area contributed by atoms with Crippen LogP contribution in [0, 0.1) is 5.82 Å². The third-order valence-electron chi connectivity index (χ3n) is 3.42. The average Bonchev–Trinajstić information content (AvgIpc) is 3.28. The molecule has 1 N–H and O–H groups in total. The normalized spacial score (nSPS) is 10.7. The fraction of sp³-hybridized carbons (Fsp3) is 0.235. The zero-order chi connectivity index (χ0) is 18.5. The molecule has 0 fully saturated rings. The predicted octanol–water partition coefficient (Wildman–Crippen LogP) is 3.53. The van der Waals surface area contributed by atoms with Crippen LogP contribution in [0.4, 0.5) is 4.39 Å². The van der Waals surface area contributed by atoms with Gasteiger partial charge in [-0.25, -0.2) is 9.37 Å². The summed E-state index contributed by atoms with van der Waals surface area (Å²) in [5, 5.41) is 6.63. The van der Waals surface area contributed by atoms with E-state index in [1.807, 2.05) is 6.92 Å². The molecule has 0 aliphatic carbocycles. The number of hydrogen-bond acceptors (Lipinski definition) is 6. The van der Waals surface area contributed by atoms with E-state index >= 15 is 0 Å². The van der Waals surface area contributed by atoms with E-state index in [9.17, 15) is 9.18 Å². The lowest BCUT2D eigenvalue weighted by molar-refractivity contribution is 0.0942. The monoisotopic (exact) mass is 379 g/mol. The summed E-state index contributed by atoms with van der Waals surface area (Å²) >= 11 is 5.87. The van der Waals surface area contributed by atoms with Gasteiger partial charge in [-0.15, -0.1) is 0 Å². The maximum Gasteiger partial charge on any atom is 0.273 e. The van der Waals surface area contributed by atoms with Crippen LogP contribution >= 0.6 is 11.6 Å². The van der Waals surface area contributed by atoms with Crippen molar-refractivity contribution in [1.82, 2.24) is 15.5 Å². The number of halogens is 2. The van der Waals surface area contributed by atoms with Crippen LogP contribution in [0.2, 0.25) is 5.02 Å². The molecule has 136 valence electrons. The van der Waals surface area contributed by atoms with E-state index in [2.05, 4.69) is 15.5 Å². The molecule has 3 rings (SSSR count). The van der Waals surface area contributed by atoms with Crippen molar-refractivity contribution >= 4 is 17.5 Å². The smallest absolute Gasteiger partial charge is 0.273 e. The number of aromatic nitrogens is 2. The van der Waals surface area contributed by atoms with Crippen LogP contribution in [0.5, 0.6) is 5.75 Å². The maximum atomic E-state index is 13.0. The minimum Gasteiger partial charge on any atom is -0.482 e. The van der Waals surface area contributed by atoms with Crippen molar-refractivity contribution in [3.63, 3.8) is 0 Å². The topological polar surface area (TPSA) is 90.4 Å². The molecule has 0 aliphatic rings. The molecule has 9 heteroatoms. The number of carbonyl (C=O) groups excluding carboxylic acids is 1. The average molecular weight is 380 g/mol. The quantitative estimate of drug-likeness (QED) is 0.675. The summed E-state index contributed by atoms with van der Waals surface area (Å²) in [6, 6.07) is 5.53. The lowest BCUT2D eigenvalue weighted by Gasteiger charge is -2.05. The largest absolute Gasteiger partial charge is 0.482 e. The molecule has 3 aromatic rings. The molecule has 0 atom stereocenters. The highest BCUT2D eigenvalue weighted by Gasteiger charge is 2.14. The minimum atomic E-state index is -0.463. The SMILES string of the molecule is CCc1cc(CNC(=O)c2coc(COc3ccc(F)cc3Cl)n2)on1. The Kier molecular flexibility index (Phi) is 5.52. The van der Waals surface area contributed by atoms with Crippen LogP contribution < -0.4 is 10.1 Å². The number of carbonyl (C=O) groups is 1. The molecular weight excluding hydrogens is 365 g/mol. The molecule has 0 unspecified atom stereocenters. The lowest BCUT2D eigenvalue weighted by Crippen LogP contribution is -2.22. The summed E-state index contributed by atoms with van der Waals surface area (Å²) in [5.74, 6) is 0.135. The highest BCUT2D eigenvalue weighted by atomic mass is 35.5. The van der Waals surface area contributed by atoms with Gasteiger partial charge in [-0.3, -0.25) is 4.79 Å². The minimum absolute atomic E-state index is 0.0550. The van der Waals surface area contributed by atoms with Crippen molar-refractivity contribution in [3.8, 4) is 5.75 Å². The molecule has 26 heavy (non-hydrogen) atoms. The van der Waals surface area contributed by atoms with Gasteiger partial charge in [0.1, 0.15) is 17.8 Å². The van der Waals surface area contributed by atoms with E-state index in [-0.39, 0.29) is 35.5 Å². The Balaban J connectivity index is 1.54. The Bertz CT molecular complexity index is 909. The molecule has 2 heterocycles. The molecule has 0 spiro atoms. The van der Waals surface area contributed by atoms with E-state index in [4.69, 9.17) is 25.3 Å². The number of benzene rings is 1. The fourth-order valence-corrected chi connectivity index (χ4v) is 2.30. The van der Waals surface area contributed by atoms with Gasteiger partial charge < -0.3 is 19.0 Å². The molecule has 1 aromatic carbocycles. The van der Waals surface area contributed by atoms with Crippen molar-refractivity contribution < 1.29 is 22.9 Å². The maximum absolute atomic E-state index is 13.0. The number of nitrogens with zero attached hydrogens (tertiary/aromatic N) is 2. The van der Waals surface area contributed by atoms with Gasteiger partial charge in [-0.05, 0) is 24.6 Å². The van der Waals surface area contributed by atoms with Crippen LogP contribution in [0.15, 0.2) is 39.5 Å². The standard InChI is InChI=1S/C17H15ClFN3O4/c1-2-11-6-12(26-22-11)7-20-17(23)14-8-25-16(21-14)9-24-15-4-3-10(19)5-13(15)18/h3-6,8H,2,7,9H2,1H3,(H,20,23). The number of oxazole rings is 1. The summed E-state index contributed by atoms with van der Waals surface area (Å²) in [6.07, 6.45) is 1.97. The summed E-state index contributed by atoms with van der Waals surface area (Å²) in [5.41, 5.74) is 0.915. The summed E-state index contributed by atoms with van der Waals surface area (Å²) in [4.78, 5) is 16.1. The van der Waals surface area contributed by atoms with Gasteiger partial charge in [0.05, 0.1) is 17.3 Å². The second-order valence-electron chi connectivity index (χ2n) is 5.31. The molecule has 0 aliphatic heterocycles. The third-order valence-corrected chi connectivity index (χ3v) is 3.72. The molecule has 0 radical (unpaired) electrons. The van der Waals surface area contributed by atoms with E-state index < -0.39 is 11.7 Å². The van der Waals surface area contributed by atoms with Crippen LogP contribution in [0.3, 0.4) is 0 Å². The highest BCUT2D eigenvalue weighted by molar-refractivity contribution is 6.32. The third kappa shape index (κ3) is 4.40. The van der Waals surface area contributed by atoms with E-state index in [1.54, 1.807) is 6.07 Å². The van der Waals surface area contributed by atoms with Crippen molar-refractivity contribution in [2.24, 2.45) is 0 Å². The van der Waals surface area contributed by atoms with Crippen LogP contribution in [-0.2, 0) is 19.6 Å². The van der Waals surface area contributed by atoms with Gasteiger partial charge in [0.2, 0.25) is 5.89 Å². The zero-order valence-electron chi connectivity index (χ0n) is 13.8. The van der Waals surface area contributed by atoms with E-state index in [1.165, 1.54) is 18.4 Å². The first kappa shape index (κ1) is 17.9. The Morgan fingerprint density at radius 2 is 2.23 bits per heavy atom. The lowest BCUT2D eigenvalue weighted by atomic mass is 10.3. The Labute approximate surface area is 153 Å². The number of aryl methyl sites for hydroxylation is 1. The predicted molar refractivity (Wildman–Crippen MR) is 89.3 cm³/mol. The van der Waals surface area contributed by atoms with E-state index in [0.717, 1.165) is 18.2 Å². The Morgan fingerprint density at radius 3 is 2.96 bits per heavy atom. The number of rotatable bonds is 7. The highest BCUT2D eigenvalue weighted by Crippen LogP contribution is 2.25. The number of hydrogen-bond donors (Lipinski definition) is 1. The van der Waals surface area contributed by atoms with Gasteiger partial charge in [0.15, 0.2) is 18.1 Å². The second-order valence-corrected chi connectivity index (χ2v) is 5.72. The van der Waals surface area contributed by atoms with Gasteiger partial charge in [-0.2, -0.15) is 0 Å². The molecular formula is C17H15ClFN3O4. The molecule has 0 saturated carbocycles. The molecule has 0 saturated heterocycles. The first-order valence-electron chi connectivity index (χ1n) is 7.80. The van der Waals surface area contributed by atoms with Crippen LogP contribution in [0.25, 0.3) is 0 Å². The molecule has 2 aromatic heterocycles.